The molecule has 0 saturated heterocycles. The van der Waals surface area contributed by atoms with Crippen molar-refractivity contribution >= 4 is 16.9 Å². The average molecular weight is 301 g/mol. The summed E-state index contributed by atoms with van der Waals surface area (Å²) in [7, 11) is 0. The van der Waals surface area contributed by atoms with Crippen LogP contribution in [0.15, 0.2) is 27.4 Å². The lowest BCUT2D eigenvalue weighted by molar-refractivity contribution is -0.257. The lowest BCUT2D eigenvalue weighted by atomic mass is 9.79. The van der Waals surface area contributed by atoms with E-state index in [9.17, 15) is 14.7 Å². The number of hydrogen-bond acceptors (Lipinski definition) is 4. The van der Waals surface area contributed by atoms with Crippen LogP contribution in [-0.4, -0.2) is 5.97 Å². The highest BCUT2D eigenvalue weighted by molar-refractivity contribution is 5.88. The minimum atomic E-state index is -1.49. The monoisotopic (exact) mass is 301 g/mol. The molecule has 0 unspecified atom stereocenters. The summed E-state index contributed by atoms with van der Waals surface area (Å²) < 4.78 is 5.47. The molecule has 0 spiro atoms. The molecule has 2 rings (SSSR count). The average Bonchev–Trinajstić information content (AvgIpc) is 2.35. The summed E-state index contributed by atoms with van der Waals surface area (Å²) in [6.45, 7) is 12.2. The zero-order valence-corrected chi connectivity index (χ0v) is 13.9. The van der Waals surface area contributed by atoms with Crippen LogP contribution in [0, 0.1) is 0 Å². The van der Waals surface area contributed by atoms with Gasteiger partial charge in [0.15, 0.2) is 11.2 Å². The van der Waals surface area contributed by atoms with Gasteiger partial charge in [0.05, 0.1) is 5.39 Å². The summed E-state index contributed by atoms with van der Waals surface area (Å²) in [5.74, 6) is -1.93. The first-order valence-electron chi connectivity index (χ1n) is 7.25. The van der Waals surface area contributed by atoms with E-state index >= 15 is 0 Å². The fourth-order valence-corrected chi connectivity index (χ4v) is 2.35. The van der Waals surface area contributed by atoms with Crippen LogP contribution in [0.25, 0.3) is 11.0 Å². The third kappa shape index (κ3) is 2.91. The Kier molecular flexibility index (Phi) is 3.68. The van der Waals surface area contributed by atoms with Gasteiger partial charge in [-0.25, -0.2) is 0 Å². The van der Waals surface area contributed by atoms with Gasteiger partial charge in [-0.05, 0) is 22.5 Å². The van der Waals surface area contributed by atoms with E-state index in [4.69, 9.17) is 4.42 Å². The number of carboxylic acids is 1. The molecule has 0 atom stereocenters. The maximum Gasteiger partial charge on any atom is 0.193 e. The Labute approximate surface area is 129 Å². The number of benzene rings is 1. The van der Waals surface area contributed by atoms with Crippen molar-refractivity contribution < 1.29 is 14.3 Å². The van der Waals surface area contributed by atoms with E-state index in [1.165, 1.54) is 0 Å². The zero-order chi connectivity index (χ0) is 16.9. The number of carboxylic acid groups (broad SMARTS) is 1. The van der Waals surface area contributed by atoms with E-state index in [1.54, 1.807) is 6.07 Å². The van der Waals surface area contributed by atoms with Crippen LogP contribution in [0.2, 0.25) is 0 Å². The molecule has 0 bridgehead atoms. The fourth-order valence-electron chi connectivity index (χ4n) is 2.35. The number of fused-ring (bicyclic) bond motifs is 1. The minimum Gasteiger partial charge on any atom is -0.542 e. The lowest BCUT2D eigenvalue weighted by Gasteiger charge is -2.26. The topological polar surface area (TPSA) is 70.3 Å². The van der Waals surface area contributed by atoms with Crippen LogP contribution >= 0.6 is 0 Å². The van der Waals surface area contributed by atoms with Crippen molar-refractivity contribution in [3.8, 4) is 0 Å². The summed E-state index contributed by atoms with van der Waals surface area (Å²) in [4.78, 5) is 23.4. The van der Waals surface area contributed by atoms with Crippen LogP contribution in [0.4, 0.5) is 0 Å². The zero-order valence-electron chi connectivity index (χ0n) is 13.9. The molecule has 0 amide bonds. The minimum absolute atomic E-state index is 0.131. The molecule has 0 radical (unpaired) electrons. The Morgan fingerprint density at radius 1 is 1.00 bits per heavy atom. The Hall–Kier alpha value is -2.10. The van der Waals surface area contributed by atoms with E-state index in [0.29, 0.717) is 11.0 Å². The van der Waals surface area contributed by atoms with Gasteiger partial charge in [0.1, 0.15) is 11.6 Å². The van der Waals surface area contributed by atoms with Gasteiger partial charge < -0.3 is 14.3 Å². The van der Waals surface area contributed by atoms with E-state index in [1.807, 2.05) is 26.8 Å². The van der Waals surface area contributed by atoms with Gasteiger partial charge in [0.25, 0.3) is 0 Å². The van der Waals surface area contributed by atoms with Crippen molar-refractivity contribution in [2.24, 2.45) is 0 Å². The lowest BCUT2D eigenvalue weighted by Crippen LogP contribution is -2.24. The quantitative estimate of drug-likeness (QED) is 0.812. The molecule has 0 aliphatic carbocycles. The summed E-state index contributed by atoms with van der Waals surface area (Å²) in [5, 5.41) is 11.4. The summed E-state index contributed by atoms with van der Waals surface area (Å²) in [6, 6.07) is 4.76. The molecule has 4 heteroatoms. The van der Waals surface area contributed by atoms with Gasteiger partial charge in [-0.3, -0.25) is 4.79 Å². The van der Waals surface area contributed by atoms with Crippen molar-refractivity contribution in [2.45, 2.75) is 52.4 Å². The van der Waals surface area contributed by atoms with E-state index < -0.39 is 11.7 Å². The first kappa shape index (κ1) is 16.3. The van der Waals surface area contributed by atoms with Crippen molar-refractivity contribution in [2.75, 3.05) is 0 Å². The maximum atomic E-state index is 12.3. The molecular weight excluding hydrogens is 280 g/mol. The molecule has 0 aliphatic rings. The normalized spacial score (nSPS) is 12.6. The third-order valence-electron chi connectivity index (χ3n) is 3.70. The maximum absolute atomic E-state index is 12.3. The highest BCUT2D eigenvalue weighted by Gasteiger charge is 2.24. The Bertz CT molecular complexity index is 799. The molecule has 118 valence electrons. The van der Waals surface area contributed by atoms with E-state index in [-0.39, 0.29) is 16.3 Å². The molecular formula is C18H21O4-. The molecule has 0 aliphatic heterocycles. The standard InChI is InChI=1S/C18H22O4/c1-17(2,3)10-7-11-13(19)9-14(16(20)21)22-15(11)12(8-10)18(4,5)6/h7-9H,1-6H3,(H,20,21)/p-1. The summed E-state index contributed by atoms with van der Waals surface area (Å²) >= 11 is 0. The Morgan fingerprint density at radius 3 is 2.05 bits per heavy atom. The van der Waals surface area contributed by atoms with E-state index in [2.05, 4.69) is 20.8 Å². The molecule has 4 nitrogen and oxygen atoms in total. The summed E-state index contributed by atoms with van der Waals surface area (Å²) in [5.41, 5.74) is 1.37. The van der Waals surface area contributed by atoms with Crippen molar-refractivity contribution in [1.82, 2.24) is 0 Å². The van der Waals surface area contributed by atoms with Gasteiger partial charge in [0, 0.05) is 11.6 Å². The first-order chi connectivity index (χ1) is 9.91. The smallest absolute Gasteiger partial charge is 0.193 e. The Morgan fingerprint density at radius 2 is 1.59 bits per heavy atom. The van der Waals surface area contributed by atoms with E-state index in [0.717, 1.165) is 17.2 Å². The number of aromatic carboxylic acids is 1. The number of rotatable bonds is 1. The molecule has 0 fully saturated rings. The second-order valence-corrected chi connectivity index (χ2v) is 7.66. The number of carbonyl (C=O) groups excluding carboxylic acids is 1. The van der Waals surface area contributed by atoms with Crippen LogP contribution < -0.4 is 10.5 Å². The van der Waals surface area contributed by atoms with Gasteiger partial charge in [0.2, 0.25) is 0 Å². The third-order valence-corrected chi connectivity index (χ3v) is 3.70. The van der Waals surface area contributed by atoms with Crippen LogP contribution in [0.1, 0.15) is 63.2 Å². The summed E-state index contributed by atoms with van der Waals surface area (Å²) in [6.07, 6.45) is 0. The molecule has 1 aromatic heterocycles. The predicted octanol–water partition coefficient (Wildman–Crippen LogP) is 2.75. The molecule has 0 saturated carbocycles. The van der Waals surface area contributed by atoms with Gasteiger partial charge in [-0.2, -0.15) is 0 Å². The molecule has 1 aromatic carbocycles. The highest BCUT2D eigenvalue weighted by atomic mass is 16.4. The second kappa shape index (κ2) is 4.97. The SMILES string of the molecule is CC(C)(C)c1cc(C(C)(C)C)c2oc(C(=O)[O-])cc(=O)c2c1. The second-order valence-electron chi connectivity index (χ2n) is 7.66. The number of hydrogen-bond donors (Lipinski definition) is 0. The van der Waals surface area contributed by atoms with Crippen molar-refractivity contribution in [3.63, 3.8) is 0 Å². The first-order valence-corrected chi connectivity index (χ1v) is 7.25. The highest BCUT2D eigenvalue weighted by Crippen LogP contribution is 2.34. The van der Waals surface area contributed by atoms with Crippen LogP contribution in [0.5, 0.6) is 0 Å². The fraction of sp³-hybridized carbons (Fsp3) is 0.444. The molecule has 0 N–H and O–H groups in total. The van der Waals surface area contributed by atoms with Crippen LogP contribution in [0.3, 0.4) is 0 Å². The Balaban J connectivity index is 2.98. The predicted molar refractivity (Wildman–Crippen MR) is 84.2 cm³/mol. The van der Waals surface area contributed by atoms with Gasteiger partial charge >= 0.3 is 0 Å². The number of carbonyl (C=O) groups is 1. The molecule has 2 aromatic rings. The molecule has 1 heterocycles. The largest absolute Gasteiger partial charge is 0.542 e. The van der Waals surface area contributed by atoms with Crippen molar-refractivity contribution in [1.29, 1.82) is 0 Å². The van der Waals surface area contributed by atoms with Gasteiger partial charge in [-0.1, -0.05) is 47.6 Å². The molecule has 22 heavy (non-hydrogen) atoms. The van der Waals surface area contributed by atoms with Crippen molar-refractivity contribution in [3.05, 3.63) is 45.3 Å². The van der Waals surface area contributed by atoms with Crippen LogP contribution in [-0.2, 0) is 10.8 Å². The van der Waals surface area contributed by atoms with Gasteiger partial charge in [-0.15, -0.1) is 0 Å².